The first kappa shape index (κ1) is 25.0. The van der Waals surface area contributed by atoms with Gasteiger partial charge in [-0.15, -0.1) is 0 Å². The second-order valence-corrected chi connectivity index (χ2v) is 13.4. The highest BCUT2D eigenvalue weighted by atomic mass is 16.8. The SMILES string of the molecule is CC(=O)O[C@H]1CC[C@@]2(C)[C@@H](CC[C@H]3C4=C[C@]5(O)O[C@@]6(OCC(C)C[C@@H]6O)[C@@H](C)[C@@H]5[C@@]4(C)C(=O)C[C@@H]32)C1. The summed E-state index contributed by atoms with van der Waals surface area (Å²) in [7, 11) is 0. The molecule has 7 nitrogen and oxygen atoms in total. The van der Waals surface area contributed by atoms with Gasteiger partial charge in [-0.2, -0.15) is 0 Å². The van der Waals surface area contributed by atoms with Gasteiger partial charge < -0.3 is 24.4 Å². The van der Waals surface area contributed by atoms with Gasteiger partial charge >= 0.3 is 5.97 Å². The quantitative estimate of drug-likeness (QED) is 0.416. The summed E-state index contributed by atoms with van der Waals surface area (Å²) in [5.74, 6) is -2.71. The summed E-state index contributed by atoms with van der Waals surface area (Å²) in [6.07, 6.45) is 6.66. The zero-order chi connectivity index (χ0) is 25.8. The van der Waals surface area contributed by atoms with E-state index in [0.717, 1.165) is 37.7 Å². The molecule has 0 aromatic rings. The Balaban J connectivity index is 1.33. The maximum atomic E-state index is 14.1. The number of fused-ring (bicyclic) bond motifs is 7. The fourth-order valence-electron chi connectivity index (χ4n) is 9.79. The molecule has 1 spiro atoms. The first-order chi connectivity index (χ1) is 16.8. The van der Waals surface area contributed by atoms with Crippen LogP contribution in [-0.2, 0) is 23.8 Å². The van der Waals surface area contributed by atoms with E-state index in [9.17, 15) is 19.8 Å². The number of ketones is 1. The number of Topliss-reactive ketones (excluding diaryl/α,β-unsaturated/α-hetero) is 1. The van der Waals surface area contributed by atoms with Crippen molar-refractivity contribution in [2.24, 2.45) is 46.3 Å². The third kappa shape index (κ3) is 3.12. The molecule has 6 aliphatic rings. The van der Waals surface area contributed by atoms with Crippen LogP contribution in [-0.4, -0.2) is 52.4 Å². The van der Waals surface area contributed by atoms with Crippen LogP contribution in [0.15, 0.2) is 11.6 Å². The van der Waals surface area contributed by atoms with Crippen molar-refractivity contribution in [3.63, 3.8) is 0 Å². The molecule has 3 saturated carbocycles. The Kier molecular flexibility index (Phi) is 5.47. The first-order valence-electron chi connectivity index (χ1n) is 14.0. The number of aliphatic hydroxyl groups is 2. The molecule has 0 bridgehead atoms. The average Bonchev–Trinajstić information content (AvgIpc) is 3.17. The number of aliphatic hydroxyl groups excluding tert-OH is 1. The normalized spacial score (nSPS) is 55.9. The van der Waals surface area contributed by atoms with Crippen molar-refractivity contribution >= 4 is 11.8 Å². The van der Waals surface area contributed by atoms with E-state index in [0.29, 0.717) is 25.4 Å². The molecule has 200 valence electrons. The fraction of sp³-hybridized carbons (Fsp3) is 0.862. The molecular weight excluding hydrogens is 460 g/mol. The number of allylic oxidation sites excluding steroid dienone is 1. The Bertz CT molecular complexity index is 1010. The molecule has 0 radical (unpaired) electrons. The van der Waals surface area contributed by atoms with E-state index in [4.69, 9.17) is 14.2 Å². The molecular formula is C29H42O7. The number of hydrogen-bond donors (Lipinski definition) is 2. The zero-order valence-corrected chi connectivity index (χ0v) is 22.3. The molecule has 0 amide bonds. The summed E-state index contributed by atoms with van der Waals surface area (Å²) in [5.41, 5.74) is 0.214. The molecule has 4 aliphatic carbocycles. The molecule has 2 heterocycles. The van der Waals surface area contributed by atoms with Gasteiger partial charge in [-0.1, -0.05) is 26.3 Å². The van der Waals surface area contributed by atoms with Gasteiger partial charge in [-0.05, 0) is 80.6 Å². The van der Waals surface area contributed by atoms with Gasteiger partial charge in [-0.3, -0.25) is 9.59 Å². The number of esters is 1. The highest BCUT2D eigenvalue weighted by Crippen LogP contribution is 2.70. The second-order valence-electron chi connectivity index (χ2n) is 13.4. The summed E-state index contributed by atoms with van der Waals surface area (Å²) in [6.45, 7) is 10.3. The Labute approximate surface area is 213 Å². The van der Waals surface area contributed by atoms with Gasteiger partial charge in [0.25, 0.3) is 0 Å². The van der Waals surface area contributed by atoms with Crippen LogP contribution in [0.2, 0.25) is 0 Å². The molecule has 2 aliphatic heterocycles. The zero-order valence-electron chi connectivity index (χ0n) is 22.3. The van der Waals surface area contributed by atoms with Crippen LogP contribution in [0.4, 0.5) is 0 Å². The van der Waals surface area contributed by atoms with Crippen molar-refractivity contribution in [2.45, 2.75) is 103 Å². The Morgan fingerprint density at radius 2 is 1.92 bits per heavy atom. The van der Waals surface area contributed by atoms with E-state index >= 15 is 0 Å². The van der Waals surface area contributed by atoms with Crippen molar-refractivity contribution in [3.05, 3.63) is 11.6 Å². The molecule has 2 saturated heterocycles. The summed E-state index contributed by atoms with van der Waals surface area (Å²) in [5, 5.41) is 23.0. The third-order valence-electron chi connectivity index (χ3n) is 11.5. The predicted octanol–water partition coefficient (Wildman–Crippen LogP) is 3.75. The standard InChI is InChI=1S/C29H42O7/c1-15-10-24(32)29(34-14-15)16(2)25-27(5)22(13-28(25,33)36-29)20-7-6-18-11-19(35-17(3)30)8-9-26(18,4)21(20)12-23(27)31/h13,15-16,18-21,24-25,32-33H,6-12,14H2,1-5H3/t15?,16-,18-,19-,20+,21-,24-,25+,26-,27+,28-,29-/m0/s1. The van der Waals surface area contributed by atoms with Crippen LogP contribution in [0, 0.1) is 46.3 Å². The van der Waals surface area contributed by atoms with Gasteiger partial charge in [0.15, 0.2) is 5.79 Å². The van der Waals surface area contributed by atoms with Gasteiger partial charge in [0, 0.05) is 25.2 Å². The van der Waals surface area contributed by atoms with Crippen molar-refractivity contribution in [3.8, 4) is 0 Å². The fourth-order valence-corrected chi connectivity index (χ4v) is 9.79. The maximum absolute atomic E-state index is 14.1. The minimum absolute atomic E-state index is 0.00419. The lowest BCUT2D eigenvalue weighted by molar-refractivity contribution is -0.348. The highest BCUT2D eigenvalue weighted by Gasteiger charge is 2.75. The van der Waals surface area contributed by atoms with E-state index < -0.39 is 29.0 Å². The largest absolute Gasteiger partial charge is 0.463 e. The number of ether oxygens (including phenoxy) is 3. The molecule has 0 aromatic carbocycles. The van der Waals surface area contributed by atoms with Crippen molar-refractivity contribution in [2.75, 3.05) is 6.61 Å². The van der Waals surface area contributed by atoms with Crippen LogP contribution in [0.5, 0.6) is 0 Å². The number of hydrogen-bond acceptors (Lipinski definition) is 7. The molecule has 1 unspecified atom stereocenters. The summed E-state index contributed by atoms with van der Waals surface area (Å²) >= 11 is 0. The van der Waals surface area contributed by atoms with Crippen LogP contribution < -0.4 is 0 Å². The number of carbonyl (C=O) groups excluding carboxylic acids is 2. The van der Waals surface area contributed by atoms with E-state index in [2.05, 4.69) is 6.92 Å². The second kappa shape index (κ2) is 7.87. The Hall–Kier alpha value is -1.28. The molecule has 36 heavy (non-hydrogen) atoms. The molecule has 5 fully saturated rings. The van der Waals surface area contributed by atoms with Gasteiger partial charge in [0.05, 0.1) is 12.0 Å². The Morgan fingerprint density at radius 1 is 1.17 bits per heavy atom. The first-order valence-corrected chi connectivity index (χ1v) is 14.0. The molecule has 2 N–H and O–H groups in total. The van der Waals surface area contributed by atoms with Crippen LogP contribution in [0.3, 0.4) is 0 Å². The summed E-state index contributed by atoms with van der Waals surface area (Å²) < 4.78 is 18.1. The monoisotopic (exact) mass is 502 g/mol. The molecule has 0 aromatic heterocycles. The number of rotatable bonds is 1. The van der Waals surface area contributed by atoms with Crippen molar-refractivity contribution < 1.29 is 34.0 Å². The van der Waals surface area contributed by atoms with Crippen LogP contribution in [0.25, 0.3) is 0 Å². The average molecular weight is 503 g/mol. The minimum atomic E-state index is -1.62. The summed E-state index contributed by atoms with van der Waals surface area (Å²) in [6, 6.07) is 0. The van der Waals surface area contributed by atoms with E-state index in [1.807, 2.05) is 26.8 Å². The lowest BCUT2D eigenvalue weighted by Crippen LogP contribution is -2.58. The van der Waals surface area contributed by atoms with Crippen molar-refractivity contribution in [1.29, 1.82) is 0 Å². The van der Waals surface area contributed by atoms with Crippen LogP contribution >= 0.6 is 0 Å². The van der Waals surface area contributed by atoms with E-state index in [1.54, 1.807) is 0 Å². The molecule has 7 heteroatoms. The van der Waals surface area contributed by atoms with Gasteiger partial charge in [-0.25, -0.2) is 0 Å². The lowest BCUT2D eigenvalue weighted by Gasteiger charge is -2.59. The minimum Gasteiger partial charge on any atom is -0.463 e. The lowest BCUT2D eigenvalue weighted by atomic mass is 9.45. The molecule has 12 atom stereocenters. The summed E-state index contributed by atoms with van der Waals surface area (Å²) in [4.78, 5) is 25.7. The predicted molar refractivity (Wildman–Crippen MR) is 130 cm³/mol. The topological polar surface area (TPSA) is 102 Å². The van der Waals surface area contributed by atoms with E-state index in [1.165, 1.54) is 6.92 Å². The van der Waals surface area contributed by atoms with Crippen molar-refractivity contribution in [1.82, 2.24) is 0 Å². The Morgan fingerprint density at radius 3 is 2.61 bits per heavy atom. The highest BCUT2D eigenvalue weighted by molar-refractivity contribution is 5.91. The van der Waals surface area contributed by atoms with Gasteiger partial charge in [0.1, 0.15) is 18.0 Å². The van der Waals surface area contributed by atoms with Crippen LogP contribution in [0.1, 0.15) is 79.6 Å². The van der Waals surface area contributed by atoms with Gasteiger partial charge in [0.2, 0.25) is 5.79 Å². The molecule has 6 rings (SSSR count). The third-order valence-corrected chi connectivity index (χ3v) is 11.5. The number of carbonyl (C=O) groups is 2. The maximum Gasteiger partial charge on any atom is 0.302 e. The van der Waals surface area contributed by atoms with E-state index in [-0.39, 0.29) is 46.9 Å². The smallest absolute Gasteiger partial charge is 0.302 e.